The van der Waals surface area contributed by atoms with Gasteiger partial charge in [0.1, 0.15) is 16.7 Å². The number of fused-ring (bicyclic) bond motifs is 1. The van der Waals surface area contributed by atoms with Crippen LogP contribution in [0.1, 0.15) is 11.1 Å². The van der Waals surface area contributed by atoms with Gasteiger partial charge in [-0.05, 0) is 48.5 Å². The number of anilines is 4. The van der Waals surface area contributed by atoms with E-state index in [9.17, 15) is 4.79 Å². The summed E-state index contributed by atoms with van der Waals surface area (Å²) in [4.78, 5) is 25.3. The van der Waals surface area contributed by atoms with E-state index in [1.165, 1.54) is 0 Å². The highest BCUT2D eigenvalue weighted by Gasteiger charge is 2.34. The summed E-state index contributed by atoms with van der Waals surface area (Å²) in [6.45, 7) is 0.359. The van der Waals surface area contributed by atoms with E-state index in [2.05, 4.69) is 9.98 Å². The molecule has 0 fully saturated rings. The van der Waals surface area contributed by atoms with E-state index in [0.29, 0.717) is 40.3 Å². The quantitative estimate of drug-likeness (QED) is 0.377. The third kappa shape index (κ3) is 3.55. The van der Waals surface area contributed by atoms with Gasteiger partial charge in [0.15, 0.2) is 0 Å². The number of halogens is 1. The Kier molecular flexibility index (Phi) is 5.29. The van der Waals surface area contributed by atoms with Crippen LogP contribution in [0, 0.1) is 0 Å². The number of aliphatic imine (C=N–C) groups is 1. The average Bonchev–Trinajstić information content (AvgIpc) is 2.75. The van der Waals surface area contributed by atoms with Crippen LogP contribution in [0.4, 0.5) is 27.7 Å². The lowest BCUT2D eigenvalue weighted by atomic mass is 10.1. The fraction of sp³-hybridized carbons (Fsp3) is 0.136. The number of ether oxygens (including phenoxy) is 1. The number of hydrogen-bond acceptors (Lipinski definition) is 5. The lowest BCUT2D eigenvalue weighted by Gasteiger charge is -2.36. The first kappa shape index (κ1) is 19.7. The Morgan fingerprint density at radius 1 is 1.13 bits per heavy atom. The number of hydrogen-bond donors (Lipinski definition) is 1. The second-order valence-electron chi connectivity index (χ2n) is 6.72. The summed E-state index contributed by atoms with van der Waals surface area (Å²) in [7, 11) is 3.27. The topological polar surface area (TPSA) is 84.1 Å². The second-order valence-corrected chi connectivity index (χ2v) is 7.11. The van der Waals surface area contributed by atoms with Gasteiger partial charge in [-0.1, -0.05) is 17.7 Å². The first-order valence-corrected chi connectivity index (χ1v) is 9.62. The molecule has 4 rings (SSSR count). The van der Waals surface area contributed by atoms with Crippen molar-refractivity contribution >= 4 is 46.7 Å². The van der Waals surface area contributed by atoms with Crippen LogP contribution >= 0.6 is 11.6 Å². The van der Waals surface area contributed by atoms with E-state index in [-0.39, 0.29) is 6.03 Å². The largest absolute Gasteiger partial charge is 0.497 e. The number of aromatic nitrogens is 1. The Hall–Kier alpha value is -3.58. The second kappa shape index (κ2) is 8.04. The molecule has 7 nitrogen and oxygen atoms in total. The molecule has 2 amide bonds. The van der Waals surface area contributed by atoms with Gasteiger partial charge >= 0.3 is 6.03 Å². The van der Waals surface area contributed by atoms with Crippen molar-refractivity contribution in [3.05, 3.63) is 70.9 Å². The van der Waals surface area contributed by atoms with E-state index in [0.717, 1.165) is 11.1 Å². The van der Waals surface area contributed by atoms with Crippen LogP contribution in [0.5, 0.6) is 5.75 Å². The Labute approximate surface area is 179 Å². The van der Waals surface area contributed by atoms with Gasteiger partial charge in [0.25, 0.3) is 0 Å². The number of nitrogens with zero attached hydrogens (tertiary/aromatic N) is 4. The van der Waals surface area contributed by atoms with E-state index >= 15 is 0 Å². The van der Waals surface area contributed by atoms with E-state index in [1.54, 1.807) is 54.4 Å². The number of rotatable bonds is 4. The van der Waals surface area contributed by atoms with Crippen molar-refractivity contribution < 1.29 is 9.53 Å². The number of carbonyl (C=O) groups is 1. The number of amides is 2. The maximum absolute atomic E-state index is 13.6. The van der Waals surface area contributed by atoms with E-state index in [4.69, 9.17) is 22.1 Å². The Balaban J connectivity index is 1.83. The highest BCUT2D eigenvalue weighted by molar-refractivity contribution is 6.29. The number of urea groups is 1. The fourth-order valence-electron chi connectivity index (χ4n) is 3.37. The van der Waals surface area contributed by atoms with Crippen LogP contribution in [0.15, 0.2) is 59.6 Å². The maximum atomic E-state index is 13.6. The first-order valence-electron chi connectivity index (χ1n) is 9.24. The zero-order chi connectivity index (χ0) is 21.3. The zero-order valence-corrected chi connectivity index (χ0v) is 17.3. The van der Waals surface area contributed by atoms with Crippen molar-refractivity contribution in [1.29, 1.82) is 0 Å². The molecule has 2 aromatic carbocycles. The molecule has 0 saturated heterocycles. The number of carbonyl (C=O) groups excluding carboxylic acids is 1. The number of nitrogen functional groups attached to an aromatic ring is 1. The molecule has 0 spiro atoms. The molecule has 0 aliphatic carbocycles. The predicted molar refractivity (Wildman–Crippen MR) is 120 cm³/mol. The smallest absolute Gasteiger partial charge is 0.335 e. The van der Waals surface area contributed by atoms with Crippen molar-refractivity contribution in [1.82, 2.24) is 4.98 Å². The summed E-state index contributed by atoms with van der Waals surface area (Å²) in [5, 5.41) is 0.322. The lowest BCUT2D eigenvalue weighted by Crippen LogP contribution is -2.45. The van der Waals surface area contributed by atoms with Gasteiger partial charge in [0.2, 0.25) is 0 Å². The van der Waals surface area contributed by atoms with Gasteiger partial charge in [0.05, 0.1) is 19.3 Å². The molecule has 8 heteroatoms. The molecular weight excluding hydrogens is 402 g/mol. The van der Waals surface area contributed by atoms with Gasteiger partial charge in [-0.3, -0.25) is 9.89 Å². The van der Waals surface area contributed by atoms with Crippen molar-refractivity contribution in [2.45, 2.75) is 6.54 Å². The van der Waals surface area contributed by atoms with Crippen LogP contribution < -0.4 is 20.3 Å². The highest BCUT2D eigenvalue weighted by Crippen LogP contribution is 2.37. The minimum atomic E-state index is -0.244. The van der Waals surface area contributed by atoms with Crippen LogP contribution in [-0.4, -0.2) is 31.4 Å². The van der Waals surface area contributed by atoms with Crippen molar-refractivity contribution in [2.24, 2.45) is 4.99 Å². The first-order chi connectivity index (χ1) is 14.5. The number of benzene rings is 2. The molecule has 152 valence electrons. The Morgan fingerprint density at radius 3 is 2.57 bits per heavy atom. The molecule has 0 radical (unpaired) electrons. The highest BCUT2D eigenvalue weighted by atomic mass is 35.5. The molecule has 1 aliphatic rings. The molecule has 1 aromatic heterocycles. The number of nitrogens with two attached hydrogens (primary N) is 1. The SMILES string of the molecule is CN=Cc1cc(N2Cc3ccc(Cl)nc3N(c3ccc(OC)cc3)C2=O)ccc1N. The molecule has 2 heterocycles. The summed E-state index contributed by atoms with van der Waals surface area (Å²) >= 11 is 6.14. The number of pyridine rings is 1. The summed E-state index contributed by atoms with van der Waals surface area (Å²) in [5.74, 6) is 1.21. The fourth-order valence-corrected chi connectivity index (χ4v) is 3.51. The van der Waals surface area contributed by atoms with Crippen LogP contribution in [0.25, 0.3) is 0 Å². The number of methoxy groups -OCH3 is 1. The minimum absolute atomic E-state index is 0.244. The average molecular weight is 422 g/mol. The van der Waals surface area contributed by atoms with Gasteiger partial charge < -0.3 is 10.5 Å². The third-order valence-corrected chi connectivity index (χ3v) is 5.08. The lowest BCUT2D eigenvalue weighted by molar-refractivity contribution is 0.252. The molecule has 2 N–H and O–H groups in total. The molecule has 3 aromatic rings. The van der Waals surface area contributed by atoms with Crippen molar-refractivity contribution in [2.75, 3.05) is 29.7 Å². The summed E-state index contributed by atoms with van der Waals surface area (Å²) in [6.07, 6.45) is 1.67. The Bertz CT molecular complexity index is 1130. The molecular formula is C22H20ClN5O2. The van der Waals surface area contributed by atoms with E-state index < -0.39 is 0 Å². The molecule has 0 atom stereocenters. The molecule has 0 saturated carbocycles. The van der Waals surface area contributed by atoms with Crippen LogP contribution in [0.2, 0.25) is 5.15 Å². The van der Waals surface area contributed by atoms with Crippen molar-refractivity contribution in [3.63, 3.8) is 0 Å². The molecule has 1 aliphatic heterocycles. The monoisotopic (exact) mass is 421 g/mol. The zero-order valence-electron chi connectivity index (χ0n) is 16.5. The molecule has 0 bridgehead atoms. The van der Waals surface area contributed by atoms with Gasteiger partial charge in [-0.15, -0.1) is 0 Å². The van der Waals surface area contributed by atoms with Gasteiger partial charge in [-0.25, -0.2) is 14.7 Å². The Morgan fingerprint density at radius 2 is 1.87 bits per heavy atom. The predicted octanol–water partition coefficient (Wildman–Crippen LogP) is 4.65. The van der Waals surface area contributed by atoms with Gasteiger partial charge in [-0.2, -0.15) is 0 Å². The van der Waals surface area contributed by atoms with Crippen LogP contribution in [0.3, 0.4) is 0 Å². The summed E-state index contributed by atoms with van der Waals surface area (Å²) in [6, 6.07) is 16.0. The summed E-state index contributed by atoms with van der Waals surface area (Å²) < 4.78 is 5.23. The van der Waals surface area contributed by atoms with Gasteiger partial charge in [0, 0.05) is 35.8 Å². The molecule has 30 heavy (non-hydrogen) atoms. The third-order valence-electron chi connectivity index (χ3n) is 4.87. The minimum Gasteiger partial charge on any atom is -0.497 e. The summed E-state index contributed by atoms with van der Waals surface area (Å²) in [5.41, 5.74) is 9.62. The normalized spacial score (nSPS) is 13.6. The van der Waals surface area contributed by atoms with Crippen molar-refractivity contribution in [3.8, 4) is 5.75 Å². The van der Waals surface area contributed by atoms with E-state index in [1.807, 2.05) is 30.3 Å². The van der Waals surface area contributed by atoms with Crippen LogP contribution in [-0.2, 0) is 6.54 Å². The maximum Gasteiger partial charge on any atom is 0.335 e. The molecule has 0 unspecified atom stereocenters. The standard InChI is InChI=1S/C22H20ClN5O2/c1-25-12-15-11-17(6-9-19(15)24)27-13-14-3-10-20(23)26-21(14)28(22(27)29)16-4-7-18(30-2)8-5-16/h3-12H,13,24H2,1-2H3.